The molecule has 0 bridgehead atoms. The molecule has 2 aromatic rings. The van der Waals surface area contributed by atoms with Gasteiger partial charge in [-0.1, -0.05) is 24.3 Å². The first-order chi connectivity index (χ1) is 12.2. The predicted molar refractivity (Wildman–Crippen MR) is 106 cm³/mol. The Labute approximate surface area is 162 Å². The van der Waals surface area contributed by atoms with E-state index in [-0.39, 0.29) is 12.5 Å². The van der Waals surface area contributed by atoms with Crippen molar-refractivity contribution in [1.29, 1.82) is 0 Å². The average molecular weight is 441 g/mol. The molecule has 0 fully saturated rings. The molecule has 0 N–H and O–H groups in total. The Morgan fingerprint density at radius 3 is 2.27 bits per heavy atom. The molecule has 140 valence electrons. The van der Waals surface area contributed by atoms with Crippen LogP contribution in [0, 0.1) is 0 Å². The van der Waals surface area contributed by atoms with Crippen molar-refractivity contribution in [3.63, 3.8) is 0 Å². The number of rotatable bonds is 7. The Morgan fingerprint density at radius 2 is 1.73 bits per heavy atom. The van der Waals surface area contributed by atoms with Gasteiger partial charge in [-0.25, -0.2) is 8.42 Å². The molecular formula is C18H21BrN2O4S. The normalized spacial score (nSPS) is 11.1. The van der Waals surface area contributed by atoms with Gasteiger partial charge >= 0.3 is 0 Å². The third-order valence-electron chi connectivity index (χ3n) is 3.80. The summed E-state index contributed by atoms with van der Waals surface area (Å²) in [5.74, 6) is 0.432. The van der Waals surface area contributed by atoms with Crippen molar-refractivity contribution < 1.29 is 17.9 Å². The van der Waals surface area contributed by atoms with E-state index in [4.69, 9.17) is 4.74 Å². The molecule has 0 heterocycles. The largest absolute Gasteiger partial charge is 0.497 e. The van der Waals surface area contributed by atoms with Crippen LogP contribution < -0.4 is 9.04 Å². The number of ether oxygens (including phenoxy) is 1. The molecule has 0 saturated carbocycles. The third-order valence-corrected chi connectivity index (χ3v) is 5.60. The zero-order valence-electron chi connectivity index (χ0n) is 14.8. The molecule has 0 aliphatic rings. The Morgan fingerprint density at radius 1 is 1.12 bits per heavy atom. The van der Waals surface area contributed by atoms with Gasteiger partial charge in [0, 0.05) is 18.1 Å². The average Bonchev–Trinajstić information content (AvgIpc) is 2.60. The summed E-state index contributed by atoms with van der Waals surface area (Å²) in [7, 11) is -0.376. The molecule has 0 radical (unpaired) electrons. The highest BCUT2D eigenvalue weighted by Gasteiger charge is 2.24. The smallest absolute Gasteiger partial charge is 0.243 e. The number of hydrogen-bond donors (Lipinski definition) is 0. The fraction of sp³-hybridized carbons (Fsp3) is 0.278. The summed E-state index contributed by atoms with van der Waals surface area (Å²) >= 11 is 3.34. The highest BCUT2D eigenvalue weighted by Crippen LogP contribution is 2.27. The van der Waals surface area contributed by atoms with E-state index < -0.39 is 10.0 Å². The van der Waals surface area contributed by atoms with Gasteiger partial charge in [0.2, 0.25) is 15.9 Å². The lowest BCUT2D eigenvalue weighted by molar-refractivity contribution is -0.128. The Bertz CT molecular complexity index is 869. The number of amides is 1. The van der Waals surface area contributed by atoms with Gasteiger partial charge < -0.3 is 9.64 Å². The number of sulfonamides is 1. The quantitative estimate of drug-likeness (QED) is 0.663. The van der Waals surface area contributed by atoms with Gasteiger partial charge in [0.15, 0.2) is 0 Å². The van der Waals surface area contributed by atoms with Gasteiger partial charge in [-0.2, -0.15) is 0 Å². The van der Waals surface area contributed by atoms with Crippen LogP contribution in [0.1, 0.15) is 5.56 Å². The van der Waals surface area contributed by atoms with Crippen LogP contribution in [0.3, 0.4) is 0 Å². The van der Waals surface area contributed by atoms with Crippen molar-refractivity contribution in [2.75, 3.05) is 31.3 Å². The van der Waals surface area contributed by atoms with Crippen LogP contribution >= 0.6 is 15.9 Å². The van der Waals surface area contributed by atoms with Crippen LogP contribution in [0.25, 0.3) is 0 Å². The van der Waals surface area contributed by atoms with E-state index in [9.17, 15) is 13.2 Å². The summed E-state index contributed by atoms with van der Waals surface area (Å²) < 4.78 is 31.2. The molecule has 2 aromatic carbocycles. The zero-order chi connectivity index (χ0) is 19.3. The van der Waals surface area contributed by atoms with E-state index in [0.717, 1.165) is 21.9 Å². The van der Waals surface area contributed by atoms with Crippen LogP contribution in [0.2, 0.25) is 0 Å². The van der Waals surface area contributed by atoms with Gasteiger partial charge in [0.25, 0.3) is 0 Å². The maximum Gasteiger partial charge on any atom is 0.243 e. The zero-order valence-corrected chi connectivity index (χ0v) is 17.2. The number of para-hydroxylation sites is 1. The van der Waals surface area contributed by atoms with Crippen LogP contribution in [-0.2, 0) is 21.4 Å². The molecule has 0 aliphatic carbocycles. The molecule has 2 rings (SSSR count). The Hall–Kier alpha value is -2.06. The highest BCUT2D eigenvalue weighted by molar-refractivity contribution is 9.10. The number of methoxy groups -OCH3 is 1. The van der Waals surface area contributed by atoms with E-state index in [1.54, 1.807) is 38.4 Å². The minimum absolute atomic E-state index is 0.270. The molecule has 0 spiro atoms. The number of hydrogen-bond acceptors (Lipinski definition) is 4. The monoisotopic (exact) mass is 440 g/mol. The number of carbonyl (C=O) groups is 1. The van der Waals surface area contributed by atoms with Gasteiger partial charge in [-0.3, -0.25) is 9.10 Å². The minimum atomic E-state index is -3.61. The summed E-state index contributed by atoms with van der Waals surface area (Å²) in [5, 5.41) is 0. The summed E-state index contributed by atoms with van der Waals surface area (Å²) in [6.45, 7) is 0.102. The maximum atomic E-state index is 12.6. The molecule has 0 aliphatic heterocycles. The molecule has 0 saturated heterocycles. The molecule has 1 amide bonds. The summed E-state index contributed by atoms with van der Waals surface area (Å²) in [6.07, 6.45) is 1.09. The lowest BCUT2D eigenvalue weighted by atomic mass is 10.2. The summed E-state index contributed by atoms with van der Waals surface area (Å²) in [4.78, 5) is 14.1. The second-order valence-electron chi connectivity index (χ2n) is 5.82. The van der Waals surface area contributed by atoms with Gasteiger partial charge in [0.05, 0.1) is 19.1 Å². The maximum absolute atomic E-state index is 12.6. The second kappa shape index (κ2) is 8.55. The third kappa shape index (κ3) is 5.22. The molecule has 26 heavy (non-hydrogen) atoms. The van der Waals surface area contributed by atoms with Gasteiger partial charge in [-0.15, -0.1) is 0 Å². The molecule has 6 nitrogen and oxygen atoms in total. The van der Waals surface area contributed by atoms with Crippen LogP contribution in [-0.4, -0.2) is 46.2 Å². The molecule has 0 atom stereocenters. The van der Waals surface area contributed by atoms with Gasteiger partial charge in [-0.05, 0) is 45.8 Å². The number of carbonyl (C=O) groups excluding carboxylic acids is 1. The molecule has 0 unspecified atom stereocenters. The van der Waals surface area contributed by atoms with E-state index >= 15 is 0 Å². The standard InChI is InChI=1S/C18H21BrN2O4S/c1-20(12-14-8-10-15(25-2)11-9-14)18(22)13-21(26(3,23)24)17-7-5-4-6-16(17)19/h4-11H,12-13H2,1-3H3. The van der Waals surface area contributed by atoms with Crippen molar-refractivity contribution in [3.05, 3.63) is 58.6 Å². The number of benzene rings is 2. The first kappa shape index (κ1) is 20.3. The Balaban J connectivity index is 2.14. The topological polar surface area (TPSA) is 66.9 Å². The molecule has 0 aromatic heterocycles. The number of anilines is 1. The second-order valence-corrected chi connectivity index (χ2v) is 8.58. The SMILES string of the molecule is COc1ccc(CN(C)C(=O)CN(c2ccccc2Br)S(C)(=O)=O)cc1. The van der Waals surface area contributed by atoms with Crippen LogP contribution in [0.15, 0.2) is 53.0 Å². The summed E-state index contributed by atoms with van der Waals surface area (Å²) in [6, 6.07) is 14.3. The van der Waals surface area contributed by atoms with E-state index in [1.807, 2.05) is 24.3 Å². The number of likely N-dealkylation sites (N-methyl/N-ethyl adjacent to an activating group) is 1. The van der Waals surface area contributed by atoms with E-state index in [0.29, 0.717) is 16.7 Å². The highest BCUT2D eigenvalue weighted by atomic mass is 79.9. The first-order valence-electron chi connectivity index (χ1n) is 7.81. The number of halogens is 1. The van der Waals surface area contributed by atoms with E-state index in [1.165, 1.54) is 4.90 Å². The van der Waals surface area contributed by atoms with Crippen molar-refractivity contribution in [2.45, 2.75) is 6.54 Å². The number of nitrogens with zero attached hydrogens (tertiary/aromatic N) is 2. The minimum Gasteiger partial charge on any atom is -0.497 e. The molecule has 8 heteroatoms. The molecular weight excluding hydrogens is 420 g/mol. The van der Waals surface area contributed by atoms with Crippen LogP contribution in [0.4, 0.5) is 5.69 Å². The Kier molecular flexibility index (Phi) is 6.66. The van der Waals surface area contributed by atoms with Gasteiger partial charge in [0.1, 0.15) is 12.3 Å². The van der Waals surface area contributed by atoms with Crippen LogP contribution in [0.5, 0.6) is 5.75 Å². The fourth-order valence-electron chi connectivity index (χ4n) is 2.37. The van der Waals surface area contributed by atoms with Crippen molar-refractivity contribution in [3.8, 4) is 5.75 Å². The van der Waals surface area contributed by atoms with Crippen molar-refractivity contribution in [1.82, 2.24) is 4.90 Å². The summed E-state index contributed by atoms with van der Waals surface area (Å²) in [5.41, 5.74) is 1.36. The predicted octanol–water partition coefficient (Wildman–Crippen LogP) is 2.88. The fourth-order valence-corrected chi connectivity index (χ4v) is 3.85. The first-order valence-corrected chi connectivity index (χ1v) is 10.5. The van der Waals surface area contributed by atoms with E-state index in [2.05, 4.69) is 15.9 Å². The van der Waals surface area contributed by atoms with Crippen molar-refractivity contribution >= 4 is 37.5 Å². The lowest BCUT2D eigenvalue weighted by Gasteiger charge is -2.26. The lowest BCUT2D eigenvalue weighted by Crippen LogP contribution is -2.41. The van der Waals surface area contributed by atoms with Crippen molar-refractivity contribution in [2.24, 2.45) is 0 Å².